The largest absolute Gasteiger partial charge is 0.389 e. The maximum Gasteiger partial charge on any atom is 0.389 e. The molecule has 0 radical (unpaired) electrons. The Morgan fingerprint density at radius 2 is 1.76 bits per heavy atom. The number of nitrogens with zero attached hydrogens (tertiary/aromatic N) is 1. The minimum absolute atomic E-state index is 0.199. The normalized spacial score (nSPS) is 32.9. The third-order valence-corrected chi connectivity index (χ3v) is 3.88. The Kier molecular flexibility index (Phi) is 3.36. The molecular weight excluding hydrogens is 231 g/mol. The third kappa shape index (κ3) is 2.93. The van der Waals surface area contributed by atoms with Crippen molar-refractivity contribution in [2.75, 3.05) is 0 Å². The Bertz CT molecular complexity index is 289. The fraction of sp³-hybridized carbons (Fsp3) is 0.917. The topological polar surface area (TPSA) is 20.3 Å². The Morgan fingerprint density at radius 3 is 2.24 bits per heavy atom. The molecule has 2 rings (SSSR count). The van der Waals surface area contributed by atoms with Crippen LogP contribution in [0, 0.1) is 5.92 Å². The van der Waals surface area contributed by atoms with Gasteiger partial charge in [-0.25, -0.2) is 0 Å². The van der Waals surface area contributed by atoms with Crippen LogP contribution in [-0.4, -0.2) is 29.1 Å². The molecule has 2 nitrogen and oxygen atoms in total. The van der Waals surface area contributed by atoms with Crippen molar-refractivity contribution in [1.29, 1.82) is 0 Å². The summed E-state index contributed by atoms with van der Waals surface area (Å²) in [5.41, 5.74) is 0. The lowest BCUT2D eigenvalue weighted by molar-refractivity contribution is -0.152. The molecule has 0 aromatic heterocycles. The molecule has 0 N–H and O–H groups in total. The molecule has 1 amide bonds. The number of fused-ring (bicyclic) bond motifs is 2. The summed E-state index contributed by atoms with van der Waals surface area (Å²) < 4.78 is 36.3. The minimum Gasteiger partial charge on any atom is -0.337 e. The third-order valence-electron chi connectivity index (χ3n) is 3.88. The van der Waals surface area contributed by atoms with Crippen LogP contribution in [-0.2, 0) is 4.79 Å². The van der Waals surface area contributed by atoms with Crippen molar-refractivity contribution in [2.45, 2.75) is 63.7 Å². The lowest BCUT2D eigenvalue weighted by atomic mass is 9.92. The van der Waals surface area contributed by atoms with Crippen LogP contribution in [0.4, 0.5) is 13.2 Å². The second kappa shape index (κ2) is 4.50. The van der Waals surface area contributed by atoms with E-state index in [0.717, 1.165) is 25.7 Å². The molecule has 5 heteroatoms. The molecule has 0 aromatic carbocycles. The number of rotatable bonds is 2. The van der Waals surface area contributed by atoms with Gasteiger partial charge in [0.2, 0.25) is 5.91 Å². The monoisotopic (exact) mass is 249 g/mol. The average Bonchev–Trinajstić information content (AvgIpc) is 2.47. The maximum absolute atomic E-state index is 12.1. The standard InChI is InChI=1S/C12H18F3NO/c1-8-6-9-2-3-10(7-8)16(9)11(17)4-5-12(13,14)15/h8-10H,2-7H2,1H3/t8?,9-,10?/m1/s1. The van der Waals surface area contributed by atoms with E-state index >= 15 is 0 Å². The number of piperidine rings is 1. The van der Waals surface area contributed by atoms with E-state index in [-0.39, 0.29) is 24.4 Å². The van der Waals surface area contributed by atoms with Gasteiger partial charge in [-0.15, -0.1) is 0 Å². The van der Waals surface area contributed by atoms with Crippen molar-refractivity contribution in [3.63, 3.8) is 0 Å². The summed E-state index contributed by atoms with van der Waals surface area (Å²) in [6.45, 7) is 2.16. The number of hydrogen-bond donors (Lipinski definition) is 0. The first-order valence-electron chi connectivity index (χ1n) is 6.25. The average molecular weight is 249 g/mol. The number of amides is 1. The zero-order valence-corrected chi connectivity index (χ0v) is 9.96. The van der Waals surface area contributed by atoms with Gasteiger partial charge in [0.1, 0.15) is 0 Å². The molecule has 0 aromatic rings. The first kappa shape index (κ1) is 12.7. The first-order chi connectivity index (χ1) is 7.87. The van der Waals surface area contributed by atoms with Gasteiger partial charge in [-0.3, -0.25) is 4.79 Å². The van der Waals surface area contributed by atoms with Crippen molar-refractivity contribution < 1.29 is 18.0 Å². The summed E-state index contributed by atoms with van der Waals surface area (Å²) in [6.07, 6.45) is -1.76. The van der Waals surface area contributed by atoms with E-state index in [1.54, 1.807) is 4.90 Å². The van der Waals surface area contributed by atoms with E-state index in [1.807, 2.05) is 0 Å². The van der Waals surface area contributed by atoms with Crippen molar-refractivity contribution in [2.24, 2.45) is 5.92 Å². The Hall–Kier alpha value is -0.740. The van der Waals surface area contributed by atoms with Crippen molar-refractivity contribution in [1.82, 2.24) is 4.90 Å². The van der Waals surface area contributed by atoms with Gasteiger partial charge in [0, 0.05) is 18.5 Å². The Labute approximate surface area is 99.2 Å². The van der Waals surface area contributed by atoms with Crippen molar-refractivity contribution in [3.05, 3.63) is 0 Å². The van der Waals surface area contributed by atoms with E-state index in [2.05, 4.69) is 6.92 Å². The van der Waals surface area contributed by atoms with Crippen molar-refractivity contribution in [3.8, 4) is 0 Å². The van der Waals surface area contributed by atoms with Gasteiger partial charge >= 0.3 is 6.18 Å². The molecular formula is C12H18F3NO. The van der Waals surface area contributed by atoms with Crippen LogP contribution >= 0.6 is 0 Å². The molecule has 2 fully saturated rings. The number of carbonyl (C=O) groups excluding carboxylic acids is 1. The fourth-order valence-corrected chi connectivity index (χ4v) is 3.23. The van der Waals surface area contributed by atoms with E-state index in [1.165, 1.54) is 0 Å². The molecule has 2 aliphatic heterocycles. The molecule has 2 unspecified atom stereocenters. The zero-order chi connectivity index (χ0) is 12.6. The highest BCUT2D eigenvalue weighted by atomic mass is 19.4. The summed E-state index contributed by atoms with van der Waals surface area (Å²) in [7, 11) is 0. The first-order valence-corrected chi connectivity index (χ1v) is 6.25. The number of hydrogen-bond acceptors (Lipinski definition) is 1. The summed E-state index contributed by atoms with van der Waals surface area (Å²) in [4.78, 5) is 13.6. The smallest absolute Gasteiger partial charge is 0.337 e. The van der Waals surface area contributed by atoms with Gasteiger partial charge < -0.3 is 4.90 Å². The molecule has 0 saturated carbocycles. The summed E-state index contributed by atoms with van der Waals surface area (Å²) >= 11 is 0. The van der Waals surface area contributed by atoms with Crippen LogP contribution < -0.4 is 0 Å². The zero-order valence-electron chi connectivity index (χ0n) is 9.96. The maximum atomic E-state index is 12.1. The van der Waals surface area contributed by atoms with Crippen LogP contribution in [0.15, 0.2) is 0 Å². The summed E-state index contributed by atoms with van der Waals surface area (Å²) in [6, 6.07) is 0.397. The van der Waals surface area contributed by atoms with Crippen LogP contribution in [0.2, 0.25) is 0 Å². The minimum atomic E-state index is -4.22. The molecule has 17 heavy (non-hydrogen) atoms. The van der Waals surface area contributed by atoms with E-state index in [4.69, 9.17) is 0 Å². The van der Waals surface area contributed by atoms with Crippen LogP contribution in [0.25, 0.3) is 0 Å². The molecule has 2 heterocycles. The second-order valence-corrected chi connectivity index (χ2v) is 5.38. The highest BCUT2D eigenvalue weighted by molar-refractivity contribution is 5.77. The van der Waals surface area contributed by atoms with E-state index < -0.39 is 12.6 Å². The molecule has 98 valence electrons. The van der Waals surface area contributed by atoms with E-state index in [9.17, 15) is 18.0 Å². The fourth-order valence-electron chi connectivity index (χ4n) is 3.23. The molecule has 2 saturated heterocycles. The second-order valence-electron chi connectivity index (χ2n) is 5.38. The molecule has 0 spiro atoms. The predicted octanol–water partition coefficient (Wildman–Crippen LogP) is 3.12. The van der Waals surface area contributed by atoms with E-state index in [0.29, 0.717) is 5.92 Å². The number of halogens is 3. The van der Waals surface area contributed by atoms with Gasteiger partial charge in [-0.2, -0.15) is 13.2 Å². The molecule has 0 aliphatic carbocycles. The quantitative estimate of drug-likeness (QED) is 0.736. The predicted molar refractivity (Wildman–Crippen MR) is 57.3 cm³/mol. The van der Waals surface area contributed by atoms with Gasteiger partial charge in [0.15, 0.2) is 0 Å². The highest BCUT2D eigenvalue weighted by Crippen LogP contribution is 2.39. The van der Waals surface area contributed by atoms with Crippen LogP contribution in [0.3, 0.4) is 0 Å². The van der Waals surface area contributed by atoms with Gasteiger partial charge in [-0.05, 0) is 31.6 Å². The van der Waals surface area contributed by atoms with Gasteiger partial charge in [-0.1, -0.05) is 6.92 Å². The SMILES string of the molecule is CC1CC2CC[C@H](C1)N2C(=O)CCC(F)(F)F. The van der Waals surface area contributed by atoms with Gasteiger partial charge in [0.25, 0.3) is 0 Å². The van der Waals surface area contributed by atoms with Gasteiger partial charge in [0.05, 0.1) is 6.42 Å². The summed E-state index contributed by atoms with van der Waals surface area (Å²) in [5, 5.41) is 0. The van der Waals surface area contributed by atoms with Crippen LogP contribution in [0.5, 0.6) is 0 Å². The number of alkyl halides is 3. The molecule has 2 bridgehead atoms. The molecule has 3 atom stereocenters. The Morgan fingerprint density at radius 1 is 1.24 bits per heavy atom. The lowest BCUT2D eigenvalue weighted by Gasteiger charge is -2.38. The molecule has 2 aliphatic rings. The number of carbonyl (C=O) groups is 1. The van der Waals surface area contributed by atoms with Crippen LogP contribution in [0.1, 0.15) is 45.4 Å². The summed E-state index contributed by atoms with van der Waals surface area (Å²) in [5.74, 6) is 0.292. The van der Waals surface area contributed by atoms with Crippen molar-refractivity contribution >= 4 is 5.91 Å². The Balaban J connectivity index is 1.92. The lowest BCUT2D eigenvalue weighted by Crippen LogP contribution is -2.46. The highest BCUT2D eigenvalue weighted by Gasteiger charge is 2.42.